The summed E-state index contributed by atoms with van der Waals surface area (Å²) in [6, 6.07) is -1.60. The third-order valence-corrected chi connectivity index (χ3v) is 3.11. The molecule has 0 heterocycles. The normalized spacial score (nSPS) is 21.5. The zero-order valence-corrected chi connectivity index (χ0v) is 12.3. The summed E-state index contributed by atoms with van der Waals surface area (Å²) in [6.45, 7) is -1.01. The first-order chi connectivity index (χ1) is 11.1. The molecule has 0 fully saturated rings. The van der Waals surface area contributed by atoms with Crippen LogP contribution in [0.3, 0.4) is 0 Å². The first-order valence-electron chi connectivity index (χ1n) is 6.68. The monoisotopic (exact) mass is 355 g/mol. The van der Waals surface area contributed by atoms with Crippen molar-refractivity contribution in [2.45, 2.75) is 48.8 Å². The molecule has 24 heavy (non-hydrogen) atoms. The van der Waals surface area contributed by atoms with E-state index in [0.717, 1.165) is 0 Å². The first kappa shape index (κ1) is 22.5. The molecule has 0 rings (SSSR count). The van der Waals surface area contributed by atoms with Crippen LogP contribution in [0.2, 0.25) is 0 Å². The lowest BCUT2D eigenvalue weighted by atomic mass is 10.0. The van der Waals surface area contributed by atoms with E-state index in [4.69, 9.17) is 15.9 Å². The molecule has 140 valence electrons. The Labute approximate surface area is 135 Å². The second kappa shape index (κ2) is 10.4. The Morgan fingerprint density at radius 3 is 1.92 bits per heavy atom. The van der Waals surface area contributed by atoms with Gasteiger partial charge in [0.1, 0.15) is 36.8 Å². The van der Waals surface area contributed by atoms with Gasteiger partial charge in [0.2, 0.25) is 0 Å². The molecule has 0 bridgehead atoms. The summed E-state index contributed by atoms with van der Waals surface area (Å²) in [5.74, 6) is -1.69. The molecule has 0 aliphatic heterocycles. The number of aldehydes is 2. The molecule has 0 amide bonds. The quantitative estimate of drug-likeness (QED) is 0.128. The molecule has 12 nitrogen and oxygen atoms in total. The maximum absolute atomic E-state index is 11.7. The van der Waals surface area contributed by atoms with E-state index in [1.54, 1.807) is 0 Å². The van der Waals surface area contributed by atoms with Gasteiger partial charge in [0.05, 0.1) is 12.6 Å². The lowest BCUT2D eigenvalue weighted by Gasteiger charge is -2.30. The maximum atomic E-state index is 11.7. The maximum Gasteiger partial charge on any atom is 0.338 e. The molecule has 0 saturated carbocycles. The van der Waals surface area contributed by atoms with Gasteiger partial charge in [-0.25, -0.2) is 4.79 Å². The van der Waals surface area contributed by atoms with E-state index in [1.807, 2.05) is 0 Å². The fraction of sp³-hybridized carbons (Fsp3) is 0.750. The van der Waals surface area contributed by atoms with Crippen LogP contribution < -0.4 is 5.73 Å². The first-order valence-corrected chi connectivity index (χ1v) is 6.68. The number of ether oxygens (including phenoxy) is 1. The highest BCUT2D eigenvalue weighted by atomic mass is 16.6. The van der Waals surface area contributed by atoms with Crippen molar-refractivity contribution >= 4 is 18.5 Å². The highest BCUT2D eigenvalue weighted by molar-refractivity contribution is 5.75. The molecular formula is C12H21NO11. The van der Waals surface area contributed by atoms with Crippen molar-refractivity contribution in [1.29, 1.82) is 0 Å². The molecule has 0 aromatic rings. The van der Waals surface area contributed by atoms with Crippen molar-refractivity contribution in [2.75, 3.05) is 6.61 Å². The van der Waals surface area contributed by atoms with Gasteiger partial charge in [-0.1, -0.05) is 0 Å². The second-order valence-electron chi connectivity index (χ2n) is 4.91. The Balaban J connectivity index is 5.10. The van der Waals surface area contributed by atoms with Gasteiger partial charge in [0, 0.05) is 0 Å². The summed E-state index contributed by atoms with van der Waals surface area (Å²) in [4.78, 5) is 32.5. The molecule has 0 radical (unpaired) electrons. The molecule has 8 atom stereocenters. The zero-order chi connectivity index (χ0) is 19.0. The molecule has 0 saturated heterocycles. The minimum absolute atomic E-state index is 0.0745. The van der Waals surface area contributed by atoms with Crippen LogP contribution in [0.25, 0.3) is 0 Å². The minimum Gasteiger partial charge on any atom is -0.455 e. The van der Waals surface area contributed by atoms with E-state index in [1.165, 1.54) is 0 Å². The molecule has 0 spiro atoms. The van der Waals surface area contributed by atoms with Crippen LogP contribution in [-0.2, 0) is 19.1 Å². The summed E-state index contributed by atoms with van der Waals surface area (Å²) < 4.78 is 4.51. The lowest BCUT2D eigenvalue weighted by molar-refractivity contribution is -0.189. The Morgan fingerprint density at radius 2 is 1.50 bits per heavy atom. The fourth-order valence-electron chi connectivity index (χ4n) is 1.59. The zero-order valence-electron chi connectivity index (χ0n) is 12.3. The summed E-state index contributed by atoms with van der Waals surface area (Å²) in [7, 11) is 0. The number of nitrogens with two attached hydrogens (primary N) is 1. The standard InChI is InChI=1S/C12H21NO11/c13-4(1-14)7(19)11(6(18)3-16)24-12(23)10(22)9(21)8(20)5(17)2-15/h1-2,4-11,16-22H,3,13H2/t4-,5-,6+,7+,8+,9-,10-,11+/m0/s1. The second-order valence-corrected chi connectivity index (χ2v) is 4.91. The van der Waals surface area contributed by atoms with Crippen molar-refractivity contribution in [1.82, 2.24) is 0 Å². The molecular weight excluding hydrogens is 334 g/mol. The fourth-order valence-corrected chi connectivity index (χ4v) is 1.59. The Hall–Kier alpha value is -1.51. The molecule has 0 aliphatic carbocycles. The van der Waals surface area contributed by atoms with Crippen LogP contribution in [-0.4, -0.2) is 110 Å². The van der Waals surface area contributed by atoms with E-state index in [2.05, 4.69) is 4.74 Å². The van der Waals surface area contributed by atoms with Crippen LogP contribution in [0.1, 0.15) is 0 Å². The summed E-state index contributed by atoms with van der Waals surface area (Å²) in [6.07, 6.45) is -15.0. The Kier molecular flexibility index (Phi) is 9.72. The molecule has 0 aromatic carbocycles. The Morgan fingerprint density at radius 1 is 0.958 bits per heavy atom. The number of carbonyl (C=O) groups is 3. The topological polar surface area (TPSA) is 228 Å². The minimum atomic E-state index is -2.48. The van der Waals surface area contributed by atoms with E-state index in [9.17, 15) is 39.9 Å². The van der Waals surface area contributed by atoms with Crippen LogP contribution in [0.15, 0.2) is 0 Å². The van der Waals surface area contributed by atoms with Crippen molar-refractivity contribution in [3.05, 3.63) is 0 Å². The van der Waals surface area contributed by atoms with Gasteiger partial charge >= 0.3 is 5.97 Å². The molecule has 0 unspecified atom stereocenters. The lowest BCUT2D eigenvalue weighted by Crippen LogP contribution is -2.54. The van der Waals surface area contributed by atoms with E-state index in [0.29, 0.717) is 0 Å². The van der Waals surface area contributed by atoms with E-state index in [-0.39, 0.29) is 12.6 Å². The van der Waals surface area contributed by atoms with Gasteiger partial charge in [-0.05, 0) is 0 Å². The number of carbonyl (C=O) groups excluding carboxylic acids is 3. The van der Waals surface area contributed by atoms with E-state index < -0.39 is 61.3 Å². The van der Waals surface area contributed by atoms with E-state index >= 15 is 0 Å². The predicted molar refractivity (Wildman–Crippen MR) is 73.1 cm³/mol. The van der Waals surface area contributed by atoms with Crippen molar-refractivity contribution in [3.8, 4) is 0 Å². The van der Waals surface area contributed by atoms with Gasteiger partial charge in [0.15, 0.2) is 18.5 Å². The molecule has 12 heteroatoms. The average molecular weight is 355 g/mol. The summed E-state index contributed by atoms with van der Waals surface area (Å²) >= 11 is 0. The van der Waals surface area contributed by atoms with Gasteiger partial charge in [-0.2, -0.15) is 0 Å². The van der Waals surface area contributed by atoms with Gasteiger partial charge in [-0.3, -0.25) is 0 Å². The average Bonchev–Trinajstić information content (AvgIpc) is 2.60. The summed E-state index contributed by atoms with van der Waals surface area (Å²) in [5.41, 5.74) is 5.20. The SMILES string of the molecule is N[C@@H](C=O)[C@@H](O)[C@H](OC(=O)[C@@H](O)[C@@H](O)[C@H](O)[C@@H](O)C=O)[C@H](O)CO. The molecule has 0 aliphatic rings. The number of hydrogen-bond acceptors (Lipinski definition) is 12. The van der Waals surface area contributed by atoms with Gasteiger partial charge in [0.25, 0.3) is 0 Å². The van der Waals surface area contributed by atoms with Crippen molar-refractivity contribution in [2.24, 2.45) is 5.73 Å². The highest BCUT2D eigenvalue weighted by Crippen LogP contribution is 2.12. The third kappa shape index (κ3) is 5.85. The largest absolute Gasteiger partial charge is 0.455 e. The number of rotatable bonds is 11. The number of aliphatic hydroxyl groups excluding tert-OH is 7. The Bertz CT molecular complexity index is 420. The van der Waals surface area contributed by atoms with Crippen LogP contribution >= 0.6 is 0 Å². The number of aliphatic hydroxyl groups is 7. The van der Waals surface area contributed by atoms with Crippen LogP contribution in [0.4, 0.5) is 0 Å². The summed E-state index contributed by atoms with van der Waals surface area (Å²) in [5, 5.41) is 65.4. The van der Waals surface area contributed by atoms with Gasteiger partial charge in [-0.15, -0.1) is 0 Å². The highest BCUT2D eigenvalue weighted by Gasteiger charge is 2.40. The smallest absolute Gasteiger partial charge is 0.338 e. The molecule has 9 N–H and O–H groups in total. The van der Waals surface area contributed by atoms with Crippen molar-refractivity contribution < 1.29 is 54.9 Å². The predicted octanol–water partition coefficient (Wildman–Crippen LogP) is -6.22. The molecule has 0 aromatic heterocycles. The third-order valence-electron chi connectivity index (χ3n) is 3.11. The van der Waals surface area contributed by atoms with Gasteiger partial charge < -0.3 is 55.8 Å². The van der Waals surface area contributed by atoms with Crippen LogP contribution in [0.5, 0.6) is 0 Å². The van der Waals surface area contributed by atoms with Crippen LogP contribution in [0, 0.1) is 0 Å². The number of esters is 1. The number of hydrogen-bond donors (Lipinski definition) is 8. The van der Waals surface area contributed by atoms with Crippen molar-refractivity contribution in [3.63, 3.8) is 0 Å².